The van der Waals surface area contributed by atoms with E-state index in [-0.39, 0.29) is 17.5 Å². The summed E-state index contributed by atoms with van der Waals surface area (Å²) < 4.78 is 3.18. The molecule has 0 saturated heterocycles. The third-order valence-electron chi connectivity index (χ3n) is 3.08. The lowest BCUT2D eigenvalue weighted by Crippen LogP contribution is -2.32. The van der Waals surface area contributed by atoms with Gasteiger partial charge < -0.3 is 0 Å². The number of nitrogens with zero attached hydrogens (tertiary/aromatic N) is 4. The van der Waals surface area contributed by atoms with Gasteiger partial charge in [0.25, 0.3) is 5.56 Å². The van der Waals surface area contributed by atoms with Crippen molar-refractivity contribution in [3.63, 3.8) is 0 Å². The van der Waals surface area contributed by atoms with Gasteiger partial charge in [0, 0.05) is 17.8 Å². The Kier molecular flexibility index (Phi) is 3.87. The molecule has 0 aliphatic carbocycles. The van der Waals surface area contributed by atoms with Gasteiger partial charge in [-0.1, -0.05) is 19.1 Å². The summed E-state index contributed by atoms with van der Waals surface area (Å²) in [6, 6.07) is 0.217. The van der Waals surface area contributed by atoms with Crippen molar-refractivity contribution >= 4 is 0 Å². The van der Waals surface area contributed by atoms with Gasteiger partial charge in [-0.05, 0) is 19.8 Å². The molecule has 2 heterocycles. The standard InChI is InChI=1S/C13H19N5O2/c1-8(2)11-7-17(13(20)14-12(11)19)5-10-6-18(9(3)4)16-15-10/h6-9H,5H2,1-4H3,(H,14,19,20). The van der Waals surface area contributed by atoms with Gasteiger partial charge in [0.2, 0.25) is 0 Å². The zero-order valence-corrected chi connectivity index (χ0v) is 12.1. The molecule has 20 heavy (non-hydrogen) atoms. The molecule has 0 saturated carbocycles. The predicted octanol–water partition coefficient (Wildman–Crippen LogP) is 0.881. The molecule has 0 spiro atoms. The second-order valence-corrected chi connectivity index (χ2v) is 5.41. The molecule has 0 atom stereocenters. The van der Waals surface area contributed by atoms with Gasteiger partial charge in [0.05, 0.1) is 12.7 Å². The van der Waals surface area contributed by atoms with Gasteiger partial charge in [-0.15, -0.1) is 5.10 Å². The van der Waals surface area contributed by atoms with Gasteiger partial charge in [-0.2, -0.15) is 0 Å². The van der Waals surface area contributed by atoms with Crippen LogP contribution in [0, 0.1) is 0 Å². The summed E-state index contributed by atoms with van der Waals surface area (Å²) in [4.78, 5) is 25.8. The number of nitrogens with one attached hydrogen (secondary N) is 1. The first kappa shape index (κ1) is 14.2. The fourth-order valence-corrected chi connectivity index (χ4v) is 1.87. The molecule has 0 fully saturated rings. The van der Waals surface area contributed by atoms with Crippen LogP contribution < -0.4 is 11.2 Å². The Bertz CT molecular complexity index is 708. The first-order valence-electron chi connectivity index (χ1n) is 6.63. The molecule has 2 rings (SSSR count). The minimum absolute atomic E-state index is 0.0527. The average Bonchev–Trinajstić information content (AvgIpc) is 2.80. The van der Waals surface area contributed by atoms with Crippen LogP contribution in [0.5, 0.6) is 0 Å². The first-order valence-corrected chi connectivity index (χ1v) is 6.63. The Balaban J connectivity index is 2.35. The number of aromatic amines is 1. The molecule has 0 radical (unpaired) electrons. The second kappa shape index (κ2) is 5.44. The lowest BCUT2D eigenvalue weighted by atomic mass is 10.1. The minimum Gasteiger partial charge on any atom is -0.294 e. The highest BCUT2D eigenvalue weighted by Gasteiger charge is 2.10. The monoisotopic (exact) mass is 277 g/mol. The number of rotatable bonds is 4. The first-order chi connectivity index (χ1) is 9.38. The lowest BCUT2D eigenvalue weighted by Gasteiger charge is -2.08. The number of aromatic nitrogens is 5. The van der Waals surface area contributed by atoms with Crippen molar-refractivity contribution in [1.29, 1.82) is 0 Å². The summed E-state index contributed by atoms with van der Waals surface area (Å²) in [6.45, 7) is 8.12. The highest BCUT2D eigenvalue weighted by Crippen LogP contribution is 2.08. The van der Waals surface area contributed by atoms with E-state index in [4.69, 9.17) is 0 Å². The second-order valence-electron chi connectivity index (χ2n) is 5.41. The maximum atomic E-state index is 11.8. The molecule has 0 amide bonds. The maximum Gasteiger partial charge on any atom is 0.328 e. The van der Waals surface area contributed by atoms with Crippen LogP contribution in [0.25, 0.3) is 0 Å². The van der Waals surface area contributed by atoms with Gasteiger partial charge in [0.1, 0.15) is 5.69 Å². The maximum absolute atomic E-state index is 11.8. The van der Waals surface area contributed by atoms with E-state index in [2.05, 4.69) is 15.3 Å². The SMILES string of the molecule is CC(C)c1cn(Cc2cn(C(C)C)nn2)c(=O)[nH]c1=O. The zero-order valence-electron chi connectivity index (χ0n) is 12.1. The topological polar surface area (TPSA) is 85.6 Å². The number of H-pyrrole nitrogens is 1. The molecule has 0 aliphatic heterocycles. The fraction of sp³-hybridized carbons (Fsp3) is 0.538. The van der Waals surface area contributed by atoms with E-state index in [1.165, 1.54) is 4.57 Å². The van der Waals surface area contributed by atoms with Crippen LogP contribution in [0.4, 0.5) is 0 Å². The molecule has 2 aromatic rings. The van der Waals surface area contributed by atoms with E-state index in [1.54, 1.807) is 17.1 Å². The number of hydrogen-bond acceptors (Lipinski definition) is 4. The van der Waals surface area contributed by atoms with Crippen LogP contribution in [0.1, 0.15) is 50.9 Å². The molecule has 7 nitrogen and oxygen atoms in total. The van der Waals surface area contributed by atoms with Crippen LogP contribution in [-0.2, 0) is 6.54 Å². The molecule has 2 aromatic heterocycles. The van der Waals surface area contributed by atoms with Crippen LogP contribution in [0.15, 0.2) is 22.0 Å². The highest BCUT2D eigenvalue weighted by molar-refractivity contribution is 5.10. The Labute approximate surface area is 116 Å². The van der Waals surface area contributed by atoms with E-state index in [0.29, 0.717) is 17.8 Å². The van der Waals surface area contributed by atoms with Crippen molar-refractivity contribution in [1.82, 2.24) is 24.5 Å². The Morgan fingerprint density at radius 2 is 1.90 bits per heavy atom. The molecule has 0 unspecified atom stereocenters. The third kappa shape index (κ3) is 2.87. The Morgan fingerprint density at radius 1 is 1.20 bits per heavy atom. The van der Waals surface area contributed by atoms with Crippen molar-refractivity contribution in [2.45, 2.75) is 46.2 Å². The summed E-state index contributed by atoms with van der Waals surface area (Å²) in [5.74, 6) is 0.0527. The molecular weight excluding hydrogens is 258 g/mol. The van der Waals surface area contributed by atoms with Crippen molar-refractivity contribution in [3.05, 3.63) is 44.5 Å². The van der Waals surface area contributed by atoms with Gasteiger partial charge >= 0.3 is 5.69 Å². The molecule has 0 aliphatic rings. The summed E-state index contributed by atoms with van der Waals surface area (Å²) in [5.41, 5.74) is 0.508. The van der Waals surface area contributed by atoms with Crippen molar-refractivity contribution in [2.75, 3.05) is 0 Å². The van der Waals surface area contributed by atoms with E-state index in [1.807, 2.05) is 27.7 Å². The van der Waals surface area contributed by atoms with Crippen LogP contribution in [0.2, 0.25) is 0 Å². The normalized spacial score (nSPS) is 11.5. The molecule has 7 heteroatoms. The Morgan fingerprint density at radius 3 is 2.45 bits per heavy atom. The zero-order chi connectivity index (χ0) is 14.9. The van der Waals surface area contributed by atoms with E-state index >= 15 is 0 Å². The lowest BCUT2D eigenvalue weighted by molar-refractivity contribution is 0.514. The highest BCUT2D eigenvalue weighted by atomic mass is 16.2. The van der Waals surface area contributed by atoms with E-state index in [9.17, 15) is 9.59 Å². The molecule has 0 aromatic carbocycles. The summed E-state index contributed by atoms with van der Waals surface area (Å²) in [6.07, 6.45) is 3.40. The average molecular weight is 277 g/mol. The van der Waals surface area contributed by atoms with Crippen LogP contribution >= 0.6 is 0 Å². The quantitative estimate of drug-likeness (QED) is 0.899. The predicted molar refractivity (Wildman–Crippen MR) is 74.9 cm³/mol. The van der Waals surface area contributed by atoms with E-state index < -0.39 is 5.69 Å². The number of hydrogen-bond donors (Lipinski definition) is 1. The van der Waals surface area contributed by atoms with Gasteiger partial charge in [0.15, 0.2) is 0 Å². The summed E-state index contributed by atoms with van der Waals surface area (Å²) in [7, 11) is 0. The molecule has 1 N–H and O–H groups in total. The largest absolute Gasteiger partial charge is 0.328 e. The van der Waals surface area contributed by atoms with Crippen LogP contribution in [-0.4, -0.2) is 24.5 Å². The van der Waals surface area contributed by atoms with Gasteiger partial charge in [-0.25, -0.2) is 9.48 Å². The molecular formula is C13H19N5O2. The fourth-order valence-electron chi connectivity index (χ4n) is 1.87. The Hall–Kier alpha value is -2.18. The minimum atomic E-state index is -0.432. The van der Waals surface area contributed by atoms with Crippen molar-refractivity contribution in [3.8, 4) is 0 Å². The summed E-state index contributed by atoms with van der Waals surface area (Å²) in [5, 5.41) is 8.03. The smallest absolute Gasteiger partial charge is 0.294 e. The van der Waals surface area contributed by atoms with Crippen molar-refractivity contribution < 1.29 is 0 Å². The van der Waals surface area contributed by atoms with E-state index in [0.717, 1.165) is 0 Å². The summed E-state index contributed by atoms with van der Waals surface area (Å²) >= 11 is 0. The molecule has 108 valence electrons. The van der Waals surface area contributed by atoms with Crippen LogP contribution in [0.3, 0.4) is 0 Å². The molecule has 0 bridgehead atoms. The third-order valence-corrected chi connectivity index (χ3v) is 3.08. The van der Waals surface area contributed by atoms with Gasteiger partial charge in [-0.3, -0.25) is 14.3 Å². The van der Waals surface area contributed by atoms with Crippen molar-refractivity contribution in [2.24, 2.45) is 0 Å².